The largest absolute Gasteiger partial charge is 0.450 e. The number of ether oxygens (including phenoxy) is 5. The van der Waals surface area contributed by atoms with Crippen LogP contribution in [0.25, 0.3) is 0 Å². The second-order valence-electron chi connectivity index (χ2n) is 6.68. The Balaban J connectivity index is 1.50. The van der Waals surface area contributed by atoms with Gasteiger partial charge in [0, 0.05) is 12.7 Å². The van der Waals surface area contributed by atoms with E-state index < -0.39 is 43.0 Å². The monoisotopic (exact) mass is 386 g/mol. The predicted octanol–water partition coefficient (Wildman–Crippen LogP) is 2.06. The zero-order valence-corrected chi connectivity index (χ0v) is 15.3. The first-order valence-corrected chi connectivity index (χ1v) is 9.11. The lowest BCUT2D eigenvalue weighted by atomic mass is 9.97. The van der Waals surface area contributed by atoms with Gasteiger partial charge in [-0.1, -0.05) is 48.5 Å². The fourth-order valence-corrected chi connectivity index (χ4v) is 3.43. The van der Waals surface area contributed by atoms with Crippen LogP contribution in [-0.4, -0.2) is 55.5 Å². The van der Waals surface area contributed by atoms with Crippen LogP contribution < -0.4 is 0 Å². The maximum atomic E-state index is 12.5. The molecule has 6 atom stereocenters. The molecular weight excluding hydrogens is 364 g/mol. The Hall–Kier alpha value is -2.29. The predicted molar refractivity (Wildman–Crippen MR) is 97.3 cm³/mol. The number of fused-ring (bicyclic) bond motifs is 1. The highest BCUT2D eigenvalue weighted by atomic mass is 16.8. The van der Waals surface area contributed by atoms with Gasteiger partial charge in [0.05, 0.1) is 12.2 Å². The Labute approximate surface area is 162 Å². The summed E-state index contributed by atoms with van der Waals surface area (Å²) >= 11 is 0. The van der Waals surface area contributed by atoms with Crippen LogP contribution in [0.2, 0.25) is 0 Å². The van der Waals surface area contributed by atoms with Gasteiger partial charge in [0.2, 0.25) is 0 Å². The SMILES string of the molecule is CO[C@H]1O[C@@H]2COC(c3ccccc3)O[C@H]2[C@H](O)[C@H]1OC(=O)c1ccccc1. The molecule has 0 radical (unpaired) electrons. The molecule has 0 saturated carbocycles. The summed E-state index contributed by atoms with van der Waals surface area (Å²) in [5, 5.41) is 10.9. The van der Waals surface area contributed by atoms with Crippen LogP contribution in [0, 0.1) is 0 Å². The number of esters is 1. The second kappa shape index (κ2) is 8.38. The van der Waals surface area contributed by atoms with Crippen molar-refractivity contribution in [1.82, 2.24) is 0 Å². The summed E-state index contributed by atoms with van der Waals surface area (Å²) in [6.45, 7) is 0.223. The van der Waals surface area contributed by atoms with E-state index in [4.69, 9.17) is 23.7 Å². The summed E-state index contributed by atoms with van der Waals surface area (Å²) in [6.07, 6.45) is -4.99. The van der Waals surface area contributed by atoms with Gasteiger partial charge in [-0.3, -0.25) is 0 Å². The molecule has 2 aliphatic heterocycles. The van der Waals surface area contributed by atoms with Crippen molar-refractivity contribution < 1.29 is 33.6 Å². The normalized spacial score (nSPS) is 32.4. The van der Waals surface area contributed by atoms with Gasteiger partial charge < -0.3 is 28.8 Å². The van der Waals surface area contributed by atoms with Crippen LogP contribution in [0.4, 0.5) is 0 Å². The molecule has 1 N–H and O–H groups in total. The molecule has 0 aliphatic carbocycles. The zero-order valence-electron chi connectivity index (χ0n) is 15.3. The third kappa shape index (κ3) is 3.80. The molecule has 148 valence electrons. The zero-order chi connectivity index (χ0) is 19.5. The van der Waals surface area contributed by atoms with Crippen LogP contribution in [0.15, 0.2) is 60.7 Å². The third-order valence-corrected chi connectivity index (χ3v) is 4.87. The fourth-order valence-electron chi connectivity index (χ4n) is 3.43. The van der Waals surface area contributed by atoms with Crippen LogP contribution >= 0.6 is 0 Å². The molecule has 2 saturated heterocycles. The third-order valence-electron chi connectivity index (χ3n) is 4.87. The summed E-state index contributed by atoms with van der Waals surface area (Å²) in [6, 6.07) is 18.0. The van der Waals surface area contributed by atoms with Gasteiger partial charge in [0.25, 0.3) is 0 Å². The van der Waals surface area contributed by atoms with E-state index in [0.717, 1.165) is 5.56 Å². The van der Waals surface area contributed by atoms with E-state index in [2.05, 4.69) is 0 Å². The number of hydrogen-bond acceptors (Lipinski definition) is 7. The summed E-state index contributed by atoms with van der Waals surface area (Å²) in [5.74, 6) is -0.569. The average Bonchev–Trinajstić information content (AvgIpc) is 2.76. The number of aliphatic hydroxyl groups is 1. The lowest BCUT2D eigenvalue weighted by Gasteiger charge is -2.46. The van der Waals surface area contributed by atoms with Crippen molar-refractivity contribution in [3.8, 4) is 0 Å². The maximum Gasteiger partial charge on any atom is 0.338 e. The van der Waals surface area contributed by atoms with Gasteiger partial charge in [-0.05, 0) is 12.1 Å². The lowest BCUT2D eigenvalue weighted by Crippen LogP contribution is -2.63. The molecule has 0 amide bonds. The van der Waals surface area contributed by atoms with E-state index in [1.165, 1.54) is 7.11 Å². The quantitative estimate of drug-likeness (QED) is 0.806. The number of hydrogen-bond donors (Lipinski definition) is 1. The molecule has 2 aromatic rings. The van der Waals surface area contributed by atoms with Crippen LogP contribution in [-0.2, 0) is 23.7 Å². The van der Waals surface area contributed by atoms with E-state index in [1.54, 1.807) is 30.3 Å². The van der Waals surface area contributed by atoms with E-state index in [0.29, 0.717) is 5.56 Å². The minimum atomic E-state index is -1.13. The summed E-state index contributed by atoms with van der Waals surface area (Å²) in [5.41, 5.74) is 1.21. The molecule has 2 aromatic carbocycles. The summed E-state index contributed by atoms with van der Waals surface area (Å²) < 4.78 is 28.4. The smallest absolute Gasteiger partial charge is 0.338 e. The number of rotatable bonds is 4. The highest BCUT2D eigenvalue weighted by Gasteiger charge is 2.51. The fraction of sp³-hybridized carbons (Fsp3) is 0.381. The maximum absolute atomic E-state index is 12.5. The first-order chi connectivity index (χ1) is 13.7. The Morgan fingerprint density at radius 3 is 2.39 bits per heavy atom. The molecular formula is C21H22O7. The Morgan fingerprint density at radius 2 is 1.71 bits per heavy atom. The van der Waals surface area contributed by atoms with Crippen molar-refractivity contribution in [3.05, 3.63) is 71.8 Å². The van der Waals surface area contributed by atoms with Gasteiger partial charge in [-0.2, -0.15) is 0 Å². The molecule has 0 bridgehead atoms. The molecule has 7 nitrogen and oxygen atoms in total. The van der Waals surface area contributed by atoms with Crippen molar-refractivity contribution >= 4 is 5.97 Å². The molecule has 4 rings (SSSR count). The highest BCUT2D eigenvalue weighted by Crippen LogP contribution is 2.35. The molecule has 0 aromatic heterocycles. The second-order valence-corrected chi connectivity index (χ2v) is 6.68. The van der Waals surface area contributed by atoms with Crippen molar-refractivity contribution in [3.63, 3.8) is 0 Å². The number of aliphatic hydroxyl groups excluding tert-OH is 1. The van der Waals surface area contributed by atoms with Crippen molar-refractivity contribution in [2.75, 3.05) is 13.7 Å². The average molecular weight is 386 g/mol. The van der Waals surface area contributed by atoms with Crippen molar-refractivity contribution in [2.24, 2.45) is 0 Å². The Morgan fingerprint density at radius 1 is 1.04 bits per heavy atom. The minimum absolute atomic E-state index is 0.223. The molecule has 2 heterocycles. The molecule has 7 heteroatoms. The van der Waals surface area contributed by atoms with Crippen molar-refractivity contribution in [2.45, 2.75) is 37.0 Å². The number of methoxy groups -OCH3 is 1. The van der Waals surface area contributed by atoms with Gasteiger partial charge >= 0.3 is 5.97 Å². The highest BCUT2D eigenvalue weighted by molar-refractivity contribution is 5.89. The van der Waals surface area contributed by atoms with Crippen molar-refractivity contribution in [1.29, 1.82) is 0 Å². The minimum Gasteiger partial charge on any atom is -0.450 e. The van der Waals surface area contributed by atoms with Gasteiger partial charge in [-0.15, -0.1) is 0 Å². The van der Waals surface area contributed by atoms with E-state index in [9.17, 15) is 9.90 Å². The number of benzene rings is 2. The molecule has 2 aliphatic rings. The first kappa shape index (κ1) is 19.0. The number of carbonyl (C=O) groups excluding carboxylic acids is 1. The van der Waals surface area contributed by atoms with Gasteiger partial charge in [0.1, 0.15) is 18.3 Å². The van der Waals surface area contributed by atoms with Gasteiger partial charge in [0.15, 0.2) is 18.7 Å². The summed E-state index contributed by atoms with van der Waals surface area (Å²) in [7, 11) is 1.43. The standard InChI is InChI=1S/C21H22O7/c1-24-21-18(27-19(23)13-8-4-2-5-9-13)16(22)17-15(26-21)12-25-20(28-17)14-10-6-3-7-11-14/h2-11,15-18,20-22H,12H2,1H3/t15-,16+,17-,18-,20?,21+/m1/s1. The summed E-state index contributed by atoms with van der Waals surface area (Å²) in [4.78, 5) is 12.5. The van der Waals surface area contributed by atoms with Crippen LogP contribution in [0.5, 0.6) is 0 Å². The molecule has 0 spiro atoms. The topological polar surface area (TPSA) is 83.5 Å². The van der Waals surface area contributed by atoms with E-state index >= 15 is 0 Å². The molecule has 28 heavy (non-hydrogen) atoms. The van der Waals surface area contributed by atoms with Gasteiger partial charge in [-0.25, -0.2) is 4.79 Å². The van der Waals surface area contributed by atoms with E-state index in [1.807, 2.05) is 30.3 Å². The Kier molecular flexibility index (Phi) is 5.70. The first-order valence-electron chi connectivity index (χ1n) is 9.11. The molecule has 2 fully saturated rings. The van der Waals surface area contributed by atoms with Crippen LogP contribution in [0.3, 0.4) is 0 Å². The number of carbonyl (C=O) groups is 1. The lowest BCUT2D eigenvalue weighted by molar-refractivity contribution is -0.357. The van der Waals surface area contributed by atoms with Crippen LogP contribution in [0.1, 0.15) is 22.2 Å². The van der Waals surface area contributed by atoms with E-state index in [-0.39, 0.29) is 6.61 Å². The molecule has 1 unspecified atom stereocenters. The Bertz CT molecular complexity index is 782.